The molecule has 0 heterocycles. The van der Waals surface area contributed by atoms with Crippen LogP contribution in [0.1, 0.15) is 6.42 Å². The zero-order valence-electron chi connectivity index (χ0n) is 7.13. The molecule has 11 heavy (non-hydrogen) atoms. The number of hydrogen-bond acceptors (Lipinski definition) is 2. The second kappa shape index (κ2) is 5.16. The first-order chi connectivity index (χ1) is 4.45. The van der Waals surface area contributed by atoms with Crippen molar-refractivity contribution in [1.29, 1.82) is 0 Å². The molecule has 0 spiro atoms. The number of quaternary nitrogens is 1. The van der Waals surface area contributed by atoms with E-state index >= 15 is 0 Å². The minimum absolute atomic E-state index is 0. The van der Waals surface area contributed by atoms with Gasteiger partial charge in [-0.3, -0.25) is 4.84 Å². The number of rotatable bonds is 3. The fraction of sp³-hybridized carbons (Fsp3) is 0.571. The Morgan fingerprint density at radius 3 is 2.27 bits per heavy atom. The Balaban J connectivity index is 0. The summed E-state index contributed by atoms with van der Waals surface area (Å²) in [5, 5.41) is 0. The van der Waals surface area contributed by atoms with Gasteiger partial charge < -0.3 is 12.4 Å². The standard InChI is InChI=1S/C7H14NO2.ClH/c1-5-6-7(9)10-8(2,3)4;/h5H,1,6H2,2-4H3;1H/q+1;/p-1. The first-order valence-corrected chi connectivity index (χ1v) is 3.10. The molecule has 0 aliphatic rings. The molecule has 0 radical (unpaired) electrons. The van der Waals surface area contributed by atoms with Crippen LogP contribution in [0.15, 0.2) is 12.7 Å². The summed E-state index contributed by atoms with van der Waals surface area (Å²) in [4.78, 5) is 15.7. The van der Waals surface area contributed by atoms with Crippen molar-refractivity contribution in [3.8, 4) is 0 Å². The van der Waals surface area contributed by atoms with Gasteiger partial charge in [-0.2, -0.15) is 0 Å². The molecular weight excluding hydrogens is 166 g/mol. The third kappa shape index (κ3) is 9.46. The Hall–Kier alpha value is -0.540. The van der Waals surface area contributed by atoms with Crippen molar-refractivity contribution in [1.82, 2.24) is 0 Å². The van der Waals surface area contributed by atoms with Gasteiger partial charge >= 0.3 is 5.97 Å². The highest BCUT2D eigenvalue weighted by atomic mass is 35.5. The largest absolute Gasteiger partial charge is 1.00 e. The number of carbonyl (C=O) groups excluding carboxylic acids is 1. The molecule has 0 rings (SSSR count). The molecule has 0 aliphatic heterocycles. The van der Waals surface area contributed by atoms with Gasteiger partial charge in [0.2, 0.25) is 0 Å². The molecule has 0 amide bonds. The lowest BCUT2D eigenvalue weighted by molar-refractivity contribution is -1.04. The summed E-state index contributed by atoms with van der Waals surface area (Å²) in [5.74, 6) is -0.248. The highest BCUT2D eigenvalue weighted by Crippen LogP contribution is 1.95. The van der Waals surface area contributed by atoms with E-state index in [1.54, 1.807) is 21.1 Å². The summed E-state index contributed by atoms with van der Waals surface area (Å²) in [5.41, 5.74) is 0. The van der Waals surface area contributed by atoms with E-state index < -0.39 is 0 Å². The lowest BCUT2D eigenvalue weighted by Crippen LogP contribution is -3.00. The predicted octanol–water partition coefficient (Wildman–Crippen LogP) is -2.27. The molecule has 0 aromatic carbocycles. The van der Waals surface area contributed by atoms with Gasteiger partial charge in [0.1, 0.15) is 21.1 Å². The van der Waals surface area contributed by atoms with Crippen LogP contribution in [0.4, 0.5) is 0 Å². The molecule has 0 fully saturated rings. The average molecular weight is 180 g/mol. The van der Waals surface area contributed by atoms with Crippen molar-refractivity contribution in [2.45, 2.75) is 6.42 Å². The number of nitrogens with zero attached hydrogens (tertiary/aromatic N) is 1. The van der Waals surface area contributed by atoms with Gasteiger partial charge in [-0.05, 0) is 0 Å². The van der Waals surface area contributed by atoms with Gasteiger partial charge in [-0.1, -0.05) is 6.08 Å². The van der Waals surface area contributed by atoms with Crippen LogP contribution in [0.2, 0.25) is 0 Å². The number of carbonyl (C=O) groups is 1. The molecule has 0 aliphatic carbocycles. The van der Waals surface area contributed by atoms with E-state index in [1.807, 2.05) is 0 Å². The molecule has 3 nitrogen and oxygen atoms in total. The van der Waals surface area contributed by atoms with Crippen molar-refractivity contribution in [3.05, 3.63) is 12.7 Å². The zero-order chi connectivity index (χ0) is 8.20. The minimum atomic E-state index is -0.248. The van der Waals surface area contributed by atoms with Gasteiger partial charge in [0.25, 0.3) is 0 Å². The van der Waals surface area contributed by atoms with Crippen molar-refractivity contribution in [3.63, 3.8) is 0 Å². The molecule has 0 saturated heterocycles. The SMILES string of the molecule is C=CCC(=O)O[N+](C)(C)C.[Cl-]. The molecular formula is C7H14ClNO2. The number of halogens is 1. The molecule has 0 aromatic heterocycles. The quantitative estimate of drug-likeness (QED) is 0.278. The molecule has 0 aromatic rings. The second-order valence-corrected chi connectivity index (χ2v) is 2.85. The highest BCUT2D eigenvalue weighted by Gasteiger charge is 2.13. The minimum Gasteiger partial charge on any atom is -1.00 e. The second-order valence-electron chi connectivity index (χ2n) is 2.85. The Bertz CT molecular complexity index is 140. The maximum atomic E-state index is 10.7. The average Bonchev–Trinajstić information content (AvgIpc) is 1.59. The molecule has 4 heteroatoms. The molecule has 0 unspecified atom stereocenters. The van der Waals surface area contributed by atoms with Crippen molar-refractivity contribution in [2.75, 3.05) is 21.1 Å². The Morgan fingerprint density at radius 2 is 2.00 bits per heavy atom. The van der Waals surface area contributed by atoms with Crippen LogP contribution in [-0.2, 0) is 9.63 Å². The van der Waals surface area contributed by atoms with E-state index in [4.69, 9.17) is 4.84 Å². The number of hydrogen-bond donors (Lipinski definition) is 0. The van der Waals surface area contributed by atoms with Crippen LogP contribution in [0, 0.1) is 0 Å². The molecule has 0 atom stereocenters. The summed E-state index contributed by atoms with van der Waals surface area (Å²) in [6.45, 7) is 3.42. The lowest BCUT2D eigenvalue weighted by Gasteiger charge is -2.19. The summed E-state index contributed by atoms with van der Waals surface area (Å²) in [6.07, 6.45) is 1.80. The van der Waals surface area contributed by atoms with Gasteiger partial charge in [0, 0.05) is 0 Å². The van der Waals surface area contributed by atoms with Gasteiger partial charge in [-0.25, -0.2) is 4.79 Å². The Kier molecular flexibility index (Phi) is 6.13. The van der Waals surface area contributed by atoms with E-state index in [9.17, 15) is 4.79 Å². The van der Waals surface area contributed by atoms with E-state index in [0.717, 1.165) is 0 Å². The Morgan fingerprint density at radius 1 is 1.55 bits per heavy atom. The topological polar surface area (TPSA) is 26.3 Å². The van der Waals surface area contributed by atoms with Crippen LogP contribution in [0.5, 0.6) is 0 Å². The smallest absolute Gasteiger partial charge is 0.370 e. The summed E-state index contributed by atoms with van der Waals surface area (Å²) in [6, 6.07) is 0. The molecule has 0 N–H and O–H groups in total. The summed E-state index contributed by atoms with van der Waals surface area (Å²) in [7, 11) is 5.34. The van der Waals surface area contributed by atoms with Gasteiger partial charge in [0.15, 0.2) is 0 Å². The monoisotopic (exact) mass is 179 g/mol. The van der Waals surface area contributed by atoms with Crippen LogP contribution in [0.25, 0.3) is 0 Å². The maximum Gasteiger partial charge on any atom is 0.370 e. The van der Waals surface area contributed by atoms with Crippen LogP contribution >= 0.6 is 0 Å². The third-order valence-corrected chi connectivity index (χ3v) is 0.687. The Labute approximate surface area is 73.6 Å². The molecule has 0 bridgehead atoms. The van der Waals surface area contributed by atoms with E-state index in [-0.39, 0.29) is 29.4 Å². The van der Waals surface area contributed by atoms with Gasteiger partial charge in [-0.15, -0.1) is 11.2 Å². The zero-order valence-corrected chi connectivity index (χ0v) is 7.89. The van der Waals surface area contributed by atoms with Crippen LogP contribution in [-0.4, -0.2) is 31.8 Å². The van der Waals surface area contributed by atoms with Gasteiger partial charge in [0.05, 0.1) is 6.42 Å². The van der Waals surface area contributed by atoms with E-state index in [1.165, 1.54) is 6.08 Å². The summed E-state index contributed by atoms with van der Waals surface area (Å²) >= 11 is 0. The number of hydroxylamine groups is 3. The lowest BCUT2D eigenvalue weighted by atomic mass is 10.4. The summed E-state index contributed by atoms with van der Waals surface area (Å²) < 4.78 is 0.201. The molecule has 66 valence electrons. The normalized spacial score (nSPS) is 9.73. The van der Waals surface area contributed by atoms with Crippen LogP contribution in [0.3, 0.4) is 0 Å². The third-order valence-electron chi connectivity index (χ3n) is 0.687. The highest BCUT2D eigenvalue weighted by molar-refractivity contribution is 5.70. The maximum absolute atomic E-state index is 10.7. The fourth-order valence-corrected chi connectivity index (χ4v) is 0.461. The molecule has 0 saturated carbocycles. The van der Waals surface area contributed by atoms with Crippen molar-refractivity contribution in [2.24, 2.45) is 0 Å². The fourth-order valence-electron chi connectivity index (χ4n) is 0.461. The van der Waals surface area contributed by atoms with Crippen molar-refractivity contribution >= 4 is 5.97 Å². The van der Waals surface area contributed by atoms with E-state index in [0.29, 0.717) is 0 Å². The van der Waals surface area contributed by atoms with Crippen molar-refractivity contribution < 1.29 is 26.7 Å². The van der Waals surface area contributed by atoms with Crippen LogP contribution < -0.4 is 12.4 Å². The van der Waals surface area contributed by atoms with E-state index in [2.05, 4.69) is 6.58 Å². The predicted molar refractivity (Wildman–Crippen MR) is 38.9 cm³/mol. The first-order valence-electron chi connectivity index (χ1n) is 3.10. The first kappa shape index (κ1) is 13.1.